The molecule has 0 fully saturated rings. The number of aromatic nitrogens is 2. The van der Waals surface area contributed by atoms with Crippen LogP contribution in [0.5, 0.6) is 0 Å². The maximum absolute atomic E-state index is 12.9. The Morgan fingerprint density at radius 2 is 1.89 bits per heavy atom. The first-order chi connectivity index (χ1) is 12.8. The van der Waals surface area contributed by atoms with Crippen LogP contribution in [0.4, 0.5) is 24.5 Å². The molecule has 0 radical (unpaired) electrons. The molecule has 1 aromatic heterocycles. The fourth-order valence-corrected chi connectivity index (χ4v) is 2.75. The molecule has 5 nitrogen and oxygen atoms in total. The Bertz CT molecular complexity index is 980. The van der Waals surface area contributed by atoms with Crippen molar-refractivity contribution in [2.75, 3.05) is 5.32 Å². The SMILES string of the molecule is Cc1c(-c2ccccc2Nc2cccc(C(F)(F)F)c2)cnn1CC(=O)O. The zero-order valence-electron chi connectivity index (χ0n) is 14.3. The molecular weight excluding hydrogens is 359 g/mol. The number of nitrogens with one attached hydrogen (secondary N) is 1. The summed E-state index contributed by atoms with van der Waals surface area (Å²) in [7, 11) is 0. The zero-order chi connectivity index (χ0) is 19.6. The molecule has 3 rings (SSSR count). The van der Waals surface area contributed by atoms with E-state index in [2.05, 4.69) is 10.4 Å². The minimum atomic E-state index is -4.42. The summed E-state index contributed by atoms with van der Waals surface area (Å²) in [6.07, 6.45) is -2.88. The number of hydrogen-bond donors (Lipinski definition) is 2. The molecule has 0 bridgehead atoms. The molecule has 0 aliphatic rings. The summed E-state index contributed by atoms with van der Waals surface area (Å²) in [4.78, 5) is 10.9. The lowest BCUT2D eigenvalue weighted by Crippen LogP contribution is -2.11. The van der Waals surface area contributed by atoms with E-state index in [1.165, 1.54) is 10.7 Å². The molecule has 2 N–H and O–H groups in total. The van der Waals surface area contributed by atoms with Crippen molar-refractivity contribution >= 4 is 17.3 Å². The lowest BCUT2D eigenvalue weighted by atomic mass is 10.0. The number of benzene rings is 2. The molecular formula is C19H16F3N3O2. The second-order valence-electron chi connectivity index (χ2n) is 5.94. The van der Waals surface area contributed by atoms with Crippen LogP contribution in [0.25, 0.3) is 11.1 Å². The predicted octanol–water partition coefficient (Wildman–Crippen LogP) is 4.71. The number of rotatable bonds is 5. The third-order valence-corrected chi connectivity index (χ3v) is 4.07. The van der Waals surface area contributed by atoms with Crippen LogP contribution in [0.2, 0.25) is 0 Å². The van der Waals surface area contributed by atoms with Gasteiger partial charge in [0.2, 0.25) is 0 Å². The summed E-state index contributed by atoms with van der Waals surface area (Å²) < 4.78 is 40.1. The Balaban J connectivity index is 1.96. The van der Waals surface area contributed by atoms with E-state index in [9.17, 15) is 18.0 Å². The van der Waals surface area contributed by atoms with Gasteiger partial charge in [-0.2, -0.15) is 18.3 Å². The van der Waals surface area contributed by atoms with Crippen LogP contribution in [-0.4, -0.2) is 20.9 Å². The Labute approximate surface area is 153 Å². The summed E-state index contributed by atoms with van der Waals surface area (Å²) >= 11 is 0. The van der Waals surface area contributed by atoms with E-state index in [1.54, 1.807) is 43.5 Å². The first-order valence-electron chi connectivity index (χ1n) is 8.03. The first kappa shape index (κ1) is 18.5. The highest BCUT2D eigenvalue weighted by molar-refractivity contribution is 5.82. The molecule has 0 unspecified atom stereocenters. The quantitative estimate of drug-likeness (QED) is 0.678. The van der Waals surface area contributed by atoms with Gasteiger partial charge in [-0.3, -0.25) is 9.48 Å². The van der Waals surface area contributed by atoms with E-state index in [4.69, 9.17) is 5.11 Å². The van der Waals surface area contributed by atoms with Crippen LogP contribution in [0.15, 0.2) is 54.7 Å². The number of anilines is 2. The zero-order valence-corrected chi connectivity index (χ0v) is 14.3. The van der Waals surface area contributed by atoms with Gasteiger partial charge in [0.1, 0.15) is 6.54 Å². The van der Waals surface area contributed by atoms with E-state index in [0.717, 1.165) is 12.1 Å². The van der Waals surface area contributed by atoms with Gasteiger partial charge in [-0.15, -0.1) is 0 Å². The predicted molar refractivity (Wildman–Crippen MR) is 94.8 cm³/mol. The number of halogens is 3. The van der Waals surface area contributed by atoms with Gasteiger partial charge in [0.15, 0.2) is 0 Å². The third-order valence-electron chi connectivity index (χ3n) is 4.07. The molecule has 0 atom stereocenters. The van der Waals surface area contributed by atoms with E-state index in [1.807, 2.05) is 0 Å². The van der Waals surface area contributed by atoms with Gasteiger partial charge >= 0.3 is 12.1 Å². The highest BCUT2D eigenvalue weighted by Crippen LogP contribution is 2.34. The molecule has 27 heavy (non-hydrogen) atoms. The summed E-state index contributed by atoms with van der Waals surface area (Å²) in [6, 6.07) is 12.0. The molecule has 0 saturated carbocycles. The van der Waals surface area contributed by atoms with Crippen LogP contribution in [0, 0.1) is 6.92 Å². The van der Waals surface area contributed by atoms with Crippen molar-refractivity contribution in [3.8, 4) is 11.1 Å². The van der Waals surface area contributed by atoms with Gasteiger partial charge in [-0.1, -0.05) is 24.3 Å². The van der Waals surface area contributed by atoms with Crippen LogP contribution in [0.3, 0.4) is 0 Å². The fourth-order valence-electron chi connectivity index (χ4n) is 2.75. The van der Waals surface area contributed by atoms with Crippen LogP contribution in [-0.2, 0) is 17.5 Å². The molecule has 3 aromatic rings. The average Bonchev–Trinajstić information content (AvgIpc) is 2.95. The number of alkyl halides is 3. The summed E-state index contributed by atoms with van der Waals surface area (Å²) in [5.74, 6) is -1.01. The van der Waals surface area contributed by atoms with Crippen molar-refractivity contribution in [2.24, 2.45) is 0 Å². The van der Waals surface area contributed by atoms with E-state index < -0.39 is 17.7 Å². The van der Waals surface area contributed by atoms with E-state index >= 15 is 0 Å². The van der Waals surface area contributed by atoms with Crippen molar-refractivity contribution in [1.82, 2.24) is 9.78 Å². The highest BCUT2D eigenvalue weighted by atomic mass is 19.4. The molecule has 0 aliphatic heterocycles. The number of carboxylic acid groups (broad SMARTS) is 1. The Hall–Kier alpha value is -3.29. The van der Waals surface area contributed by atoms with Gasteiger partial charge in [0.05, 0.1) is 11.8 Å². The second kappa shape index (κ2) is 7.14. The Kier molecular flexibility index (Phi) is 4.89. The lowest BCUT2D eigenvalue weighted by Gasteiger charge is -2.14. The maximum Gasteiger partial charge on any atom is 0.416 e. The standard InChI is InChI=1S/C19H16F3N3O2/c1-12-16(10-23-25(12)11-18(26)27)15-7-2-3-8-17(15)24-14-6-4-5-13(9-14)19(20,21)22/h2-10,24H,11H2,1H3,(H,26,27). The largest absolute Gasteiger partial charge is 0.480 e. The molecule has 140 valence electrons. The second-order valence-corrected chi connectivity index (χ2v) is 5.94. The van der Waals surface area contributed by atoms with Crippen molar-refractivity contribution in [1.29, 1.82) is 0 Å². The van der Waals surface area contributed by atoms with Gasteiger partial charge in [-0.25, -0.2) is 0 Å². The summed E-state index contributed by atoms with van der Waals surface area (Å²) in [5, 5.41) is 16.0. The van der Waals surface area contributed by atoms with E-state index in [-0.39, 0.29) is 6.54 Å². The minimum Gasteiger partial charge on any atom is -0.480 e. The third kappa shape index (κ3) is 4.11. The number of carboxylic acids is 1. The lowest BCUT2D eigenvalue weighted by molar-refractivity contribution is -0.138. The highest BCUT2D eigenvalue weighted by Gasteiger charge is 2.30. The topological polar surface area (TPSA) is 67.2 Å². The molecule has 8 heteroatoms. The summed E-state index contributed by atoms with van der Waals surface area (Å²) in [6.45, 7) is 1.47. The fraction of sp³-hybridized carbons (Fsp3) is 0.158. The average molecular weight is 375 g/mol. The normalized spacial score (nSPS) is 11.4. The first-order valence-corrected chi connectivity index (χ1v) is 8.03. The Morgan fingerprint density at radius 1 is 1.15 bits per heavy atom. The Morgan fingerprint density at radius 3 is 2.59 bits per heavy atom. The number of nitrogens with zero attached hydrogens (tertiary/aromatic N) is 2. The molecule has 0 spiro atoms. The minimum absolute atomic E-state index is 0.269. The van der Waals surface area contributed by atoms with Crippen molar-refractivity contribution in [3.63, 3.8) is 0 Å². The number of carbonyl (C=O) groups is 1. The molecule has 0 aliphatic carbocycles. The summed E-state index contributed by atoms with van der Waals surface area (Å²) in [5.41, 5.74) is 2.21. The van der Waals surface area contributed by atoms with Gasteiger partial charge in [0.25, 0.3) is 0 Å². The number of hydrogen-bond acceptors (Lipinski definition) is 3. The smallest absolute Gasteiger partial charge is 0.416 e. The maximum atomic E-state index is 12.9. The molecule has 0 saturated heterocycles. The van der Waals surface area contributed by atoms with E-state index in [0.29, 0.717) is 28.2 Å². The van der Waals surface area contributed by atoms with Crippen LogP contribution in [0.1, 0.15) is 11.3 Å². The molecule has 0 amide bonds. The van der Waals surface area contributed by atoms with Gasteiger partial charge in [-0.05, 0) is 31.2 Å². The number of aliphatic carboxylic acids is 1. The van der Waals surface area contributed by atoms with Crippen molar-refractivity contribution in [2.45, 2.75) is 19.6 Å². The van der Waals surface area contributed by atoms with Gasteiger partial charge < -0.3 is 10.4 Å². The van der Waals surface area contributed by atoms with Gasteiger partial charge in [0, 0.05) is 28.2 Å². The monoisotopic (exact) mass is 375 g/mol. The van der Waals surface area contributed by atoms with Crippen LogP contribution >= 0.6 is 0 Å². The number of para-hydroxylation sites is 1. The van der Waals surface area contributed by atoms with Crippen molar-refractivity contribution in [3.05, 3.63) is 66.0 Å². The molecule has 1 heterocycles. The van der Waals surface area contributed by atoms with Crippen molar-refractivity contribution < 1.29 is 23.1 Å². The molecule has 2 aromatic carbocycles. The van der Waals surface area contributed by atoms with Crippen LogP contribution < -0.4 is 5.32 Å².